The predicted octanol–water partition coefficient (Wildman–Crippen LogP) is 3.91. The lowest BCUT2D eigenvalue weighted by Gasteiger charge is -2.28. The molecule has 0 aliphatic heterocycles. The molecule has 1 N–H and O–H groups in total. The summed E-state index contributed by atoms with van der Waals surface area (Å²) in [5, 5.41) is 9.61. The van der Waals surface area contributed by atoms with Crippen molar-refractivity contribution in [3.8, 4) is 11.5 Å². The van der Waals surface area contributed by atoms with Gasteiger partial charge >= 0.3 is 0 Å². The predicted molar refractivity (Wildman–Crippen MR) is 89.5 cm³/mol. The van der Waals surface area contributed by atoms with Crippen molar-refractivity contribution in [2.75, 3.05) is 12.9 Å². The van der Waals surface area contributed by atoms with Crippen molar-refractivity contribution in [2.24, 2.45) is 5.41 Å². The number of rotatable bonds is 6. The third-order valence-electron chi connectivity index (χ3n) is 3.54. The van der Waals surface area contributed by atoms with Crippen molar-refractivity contribution < 1.29 is 14.1 Å². The van der Waals surface area contributed by atoms with Gasteiger partial charge in [0.25, 0.3) is 0 Å². The smallest absolute Gasteiger partial charge is 0.160 e. The average molecular weight is 312 g/mol. The summed E-state index contributed by atoms with van der Waals surface area (Å²) in [5.41, 5.74) is 1.14. The second-order valence-corrected chi connectivity index (χ2v) is 9.48. The number of hydrogen-bond donors (Lipinski definition) is 1. The van der Waals surface area contributed by atoms with Crippen LogP contribution in [-0.2, 0) is 17.2 Å². The maximum Gasteiger partial charge on any atom is 0.160 e. The minimum absolute atomic E-state index is 0.0171. The molecular weight excluding hydrogens is 284 g/mol. The Labute approximate surface area is 131 Å². The van der Waals surface area contributed by atoms with Crippen LogP contribution >= 0.6 is 0 Å². The minimum atomic E-state index is -0.839. The summed E-state index contributed by atoms with van der Waals surface area (Å²) in [6.07, 6.45) is 1.83. The molecule has 0 aliphatic carbocycles. The number of hydrogen-bond acceptors (Lipinski definition) is 3. The van der Waals surface area contributed by atoms with E-state index in [1.165, 1.54) is 0 Å². The zero-order valence-corrected chi connectivity index (χ0v) is 14.8. The number of aromatic hydroxyl groups is 1. The van der Waals surface area contributed by atoms with Crippen molar-refractivity contribution in [1.29, 1.82) is 0 Å². The first-order chi connectivity index (χ1) is 9.55. The summed E-state index contributed by atoms with van der Waals surface area (Å²) in [6, 6.07) is 5.44. The van der Waals surface area contributed by atoms with Gasteiger partial charge in [0.05, 0.1) is 7.11 Å². The fraction of sp³-hybridized carbons (Fsp3) is 0.647. The molecule has 1 aromatic rings. The van der Waals surface area contributed by atoms with Crippen LogP contribution in [0.25, 0.3) is 0 Å². The van der Waals surface area contributed by atoms with Gasteiger partial charge in [-0.25, -0.2) is 0 Å². The van der Waals surface area contributed by atoms with E-state index < -0.39 is 10.8 Å². The Balaban J connectivity index is 2.67. The van der Waals surface area contributed by atoms with Gasteiger partial charge in [-0.3, -0.25) is 4.21 Å². The van der Waals surface area contributed by atoms with E-state index in [0.29, 0.717) is 11.5 Å². The van der Waals surface area contributed by atoms with E-state index in [4.69, 9.17) is 4.74 Å². The van der Waals surface area contributed by atoms with Crippen LogP contribution in [-0.4, -0.2) is 26.9 Å². The standard InChI is InChI=1S/C17H28O3S/c1-16(2,3)21(19)12-17(4,5)10-9-13-7-8-14(18)15(11-13)20-6/h7-8,11,18H,9-10,12H2,1-6H3. The minimum Gasteiger partial charge on any atom is -0.504 e. The first kappa shape index (κ1) is 18.0. The molecule has 0 bridgehead atoms. The SMILES string of the molecule is COc1cc(CCC(C)(C)CS(=O)C(C)(C)C)ccc1O. The molecule has 3 nitrogen and oxygen atoms in total. The third kappa shape index (κ3) is 5.70. The highest BCUT2D eigenvalue weighted by Gasteiger charge is 2.27. The van der Waals surface area contributed by atoms with Crippen LogP contribution in [0.5, 0.6) is 11.5 Å². The van der Waals surface area contributed by atoms with Gasteiger partial charge in [0, 0.05) is 21.3 Å². The molecule has 0 saturated heterocycles. The molecule has 1 aromatic carbocycles. The number of methoxy groups -OCH3 is 1. The topological polar surface area (TPSA) is 46.5 Å². The molecule has 0 fully saturated rings. The monoisotopic (exact) mass is 312 g/mol. The van der Waals surface area contributed by atoms with Gasteiger partial charge in [0.1, 0.15) is 0 Å². The van der Waals surface area contributed by atoms with Gasteiger partial charge < -0.3 is 9.84 Å². The third-order valence-corrected chi connectivity index (χ3v) is 5.95. The molecule has 120 valence electrons. The van der Waals surface area contributed by atoms with Crippen LogP contribution in [0.2, 0.25) is 0 Å². The van der Waals surface area contributed by atoms with Gasteiger partial charge in [-0.1, -0.05) is 19.9 Å². The summed E-state index contributed by atoms with van der Waals surface area (Å²) in [7, 11) is 0.712. The number of aryl methyl sites for hydroxylation is 1. The number of ether oxygens (including phenoxy) is 1. The van der Waals surface area contributed by atoms with E-state index in [9.17, 15) is 9.32 Å². The largest absolute Gasteiger partial charge is 0.504 e. The maximum atomic E-state index is 12.3. The lowest BCUT2D eigenvalue weighted by Crippen LogP contribution is -2.31. The van der Waals surface area contributed by atoms with Crippen molar-refractivity contribution in [3.05, 3.63) is 23.8 Å². The van der Waals surface area contributed by atoms with Crippen LogP contribution in [0.3, 0.4) is 0 Å². The summed E-state index contributed by atoms with van der Waals surface area (Å²) in [4.78, 5) is 0. The summed E-state index contributed by atoms with van der Waals surface area (Å²) < 4.78 is 17.3. The van der Waals surface area contributed by atoms with Gasteiger partial charge in [0.2, 0.25) is 0 Å². The van der Waals surface area contributed by atoms with E-state index in [-0.39, 0.29) is 15.9 Å². The highest BCUT2D eigenvalue weighted by atomic mass is 32.2. The lowest BCUT2D eigenvalue weighted by atomic mass is 9.88. The number of phenolic OH excluding ortho intramolecular Hbond substituents is 1. The molecule has 0 spiro atoms. The zero-order chi connectivity index (χ0) is 16.3. The van der Waals surface area contributed by atoms with E-state index in [2.05, 4.69) is 13.8 Å². The molecule has 0 heterocycles. The van der Waals surface area contributed by atoms with E-state index >= 15 is 0 Å². The van der Waals surface area contributed by atoms with Crippen LogP contribution < -0.4 is 4.74 Å². The highest BCUT2D eigenvalue weighted by Crippen LogP contribution is 2.30. The molecular formula is C17H28O3S. The Kier molecular flexibility index (Phi) is 5.85. The number of phenols is 1. The molecule has 4 heteroatoms. The van der Waals surface area contributed by atoms with Crippen molar-refractivity contribution in [1.82, 2.24) is 0 Å². The van der Waals surface area contributed by atoms with Crippen LogP contribution in [0.4, 0.5) is 0 Å². The van der Waals surface area contributed by atoms with Crippen molar-refractivity contribution in [3.63, 3.8) is 0 Å². The van der Waals surface area contributed by atoms with Crippen LogP contribution in [0.1, 0.15) is 46.6 Å². The zero-order valence-electron chi connectivity index (χ0n) is 14.0. The van der Waals surface area contributed by atoms with Gasteiger partial charge in [-0.2, -0.15) is 0 Å². The van der Waals surface area contributed by atoms with Crippen LogP contribution in [0.15, 0.2) is 18.2 Å². The van der Waals surface area contributed by atoms with Crippen molar-refractivity contribution >= 4 is 10.8 Å². The molecule has 1 rings (SSSR count). The van der Waals surface area contributed by atoms with E-state index in [1.54, 1.807) is 13.2 Å². The fourth-order valence-corrected chi connectivity index (χ4v) is 3.29. The normalized spacial score (nSPS) is 14.0. The second kappa shape index (κ2) is 6.82. The van der Waals surface area contributed by atoms with Gasteiger partial charge in [0.15, 0.2) is 11.5 Å². The Bertz CT molecular complexity index is 501. The molecule has 1 unspecified atom stereocenters. The Morgan fingerprint density at radius 1 is 1.19 bits per heavy atom. The lowest BCUT2D eigenvalue weighted by molar-refractivity contribution is 0.369. The Morgan fingerprint density at radius 3 is 2.33 bits per heavy atom. The highest BCUT2D eigenvalue weighted by molar-refractivity contribution is 7.86. The van der Waals surface area contributed by atoms with E-state index in [0.717, 1.165) is 18.4 Å². The second-order valence-electron chi connectivity index (χ2n) is 7.27. The first-order valence-electron chi connectivity index (χ1n) is 7.29. The van der Waals surface area contributed by atoms with E-state index in [1.807, 2.05) is 32.9 Å². The maximum absolute atomic E-state index is 12.3. The molecule has 0 amide bonds. The summed E-state index contributed by atoms with van der Waals surface area (Å²) >= 11 is 0. The Hall–Kier alpha value is -1.03. The first-order valence-corrected chi connectivity index (χ1v) is 8.61. The summed E-state index contributed by atoms with van der Waals surface area (Å²) in [5.74, 6) is 1.36. The van der Waals surface area contributed by atoms with Gasteiger partial charge in [-0.15, -0.1) is 0 Å². The molecule has 21 heavy (non-hydrogen) atoms. The Morgan fingerprint density at radius 2 is 1.81 bits per heavy atom. The van der Waals surface area contributed by atoms with Gasteiger partial charge in [-0.05, 0) is 56.7 Å². The fourth-order valence-electron chi connectivity index (χ4n) is 2.00. The molecule has 0 aliphatic rings. The molecule has 0 aromatic heterocycles. The average Bonchev–Trinajstić information content (AvgIpc) is 2.36. The molecule has 0 saturated carbocycles. The van der Waals surface area contributed by atoms with Crippen molar-refractivity contribution in [2.45, 2.75) is 52.2 Å². The number of benzene rings is 1. The summed E-state index contributed by atoms with van der Waals surface area (Å²) in [6.45, 7) is 10.4. The molecule has 0 radical (unpaired) electrons. The van der Waals surface area contributed by atoms with Crippen LogP contribution in [0, 0.1) is 5.41 Å². The molecule has 1 atom stereocenters. The quantitative estimate of drug-likeness (QED) is 0.866.